The summed E-state index contributed by atoms with van der Waals surface area (Å²) in [6.45, 7) is 8.38. The van der Waals surface area contributed by atoms with E-state index in [0.29, 0.717) is 41.0 Å². The minimum Gasteiger partial charge on any atom is -0.507 e. The Hall–Kier alpha value is -4.43. The number of benzene rings is 3. The topological polar surface area (TPSA) is 89.0 Å². The molecule has 192 valence electrons. The Morgan fingerprint density at radius 2 is 1.74 bits per heavy atom. The molecule has 1 saturated heterocycles. The second kappa shape index (κ2) is 10.5. The highest BCUT2D eigenvalue weighted by atomic mass is 32.1. The number of ether oxygens (including phenoxy) is 2. The van der Waals surface area contributed by atoms with Gasteiger partial charge in [0.1, 0.15) is 23.9 Å². The summed E-state index contributed by atoms with van der Waals surface area (Å²) >= 11 is 1.33. The summed E-state index contributed by atoms with van der Waals surface area (Å²) < 4.78 is 12.0. The first-order valence-corrected chi connectivity index (χ1v) is 13.0. The molecule has 8 heteroatoms. The fraction of sp³-hybridized carbons (Fsp3) is 0.167. The number of nitrogens with zero attached hydrogens (tertiary/aromatic N) is 2. The Morgan fingerprint density at radius 3 is 2.42 bits per heavy atom. The van der Waals surface area contributed by atoms with Gasteiger partial charge in [0.25, 0.3) is 5.78 Å². The lowest BCUT2D eigenvalue weighted by molar-refractivity contribution is -0.132. The zero-order valence-corrected chi connectivity index (χ0v) is 21.8. The van der Waals surface area contributed by atoms with Gasteiger partial charge in [0.15, 0.2) is 5.13 Å². The molecule has 4 aromatic rings. The van der Waals surface area contributed by atoms with E-state index in [1.807, 2.05) is 32.0 Å². The van der Waals surface area contributed by atoms with E-state index in [2.05, 4.69) is 11.6 Å². The van der Waals surface area contributed by atoms with Gasteiger partial charge >= 0.3 is 5.91 Å². The SMILES string of the molecule is C=CCOc1ccc(C2C(=C(O)c3ccc(OCC)cc3)C(=O)C(=O)N2c2nc3ccc(C)cc3s2)cc1. The summed E-state index contributed by atoms with van der Waals surface area (Å²) in [6, 6.07) is 18.8. The number of anilines is 1. The number of aliphatic hydroxyl groups is 1. The molecule has 1 aromatic heterocycles. The van der Waals surface area contributed by atoms with Gasteiger partial charge in [-0.25, -0.2) is 4.98 Å². The summed E-state index contributed by atoms with van der Waals surface area (Å²) in [7, 11) is 0. The van der Waals surface area contributed by atoms with Crippen LogP contribution in [-0.2, 0) is 9.59 Å². The highest BCUT2D eigenvalue weighted by Crippen LogP contribution is 2.44. The Labute approximate surface area is 224 Å². The van der Waals surface area contributed by atoms with Gasteiger partial charge in [0.2, 0.25) is 0 Å². The predicted octanol–water partition coefficient (Wildman–Crippen LogP) is 6.19. The number of Topliss-reactive ketones (excluding diaryl/α,β-unsaturated/α-hetero) is 1. The van der Waals surface area contributed by atoms with Gasteiger partial charge < -0.3 is 14.6 Å². The molecule has 7 nitrogen and oxygen atoms in total. The van der Waals surface area contributed by atoms with E-state index in [0.717, 1.165) is 15.8 Å². The van der Waals surface area contributed by atoms with Crippen molar-refractivity contribution in [2.24, 2.45) is 0 Å². The number of carbonyl (C=O) groups excluding carboxylic acids is 2. The minimum absolute atomic E-state index is 0.00523. The van der Waals surface area contributed by atoms with Crippen molar-refractivity contribution in [3.05, 3.63) is 102 Å². The third-order valence-electron chi connectivity index (χ3n) is 6.19. The maximum absolute atomic E-state index is 13.5. The van der Waals surface area contributed by atoms with Gasteiger partial charge in [-0.3, -0.25) is 14.5 Å². The van der Waals surface area contributed by atoms with Gasteiger partial charge in [-0.15, -0.1) is 0 Å². The van der Waals surface area contributed by atoms with Crippen LogP contribution in [-0.4, -0.2) is 35.0 Å². The molecule has 2 heterocycles. The molecule has 38 heavy (non-hydrogen) atoms. The predicted molar refractivity (Wildman–Crippen MR) is 149 cm³/mol. The van der Waals surface area contributed by atoms with E-state index in [-0.39, 0.29) is 11.3 Å². The van der Waals surface area contributed by atoms with Crippen LogP contribution in [0.1, 0.15) is 29.7 Å². The summed E-state index contributed by atoms with van der Waals surface area (Å²) in [5, 5.41) is 11.7. The molecular formula is C30H26N2O5S. The second-order valence-electron chi connectivity index (χ2n) is 8.76. The number of hydrogen-bond donors (Lipinski definition) is 1. The fourth-order valence-electron chi connectivity index (χ4n) is 4.40. The van der Waals surface area contributed by atoms with Crippen LogP contribution in [0.2, 0.25) is 0 Å². The first-order chi connectivity index (χ1) is 18.4. The third-order valence-corrected chi connectivity index (χ3v) is 7.20. The largest absolute Gasteiger partial charge is 0.507 e. The molecule has 1 atom stereocenters. The Kier molecular flexibility index (Phi) is 6.98. The van der Waals surface area contributed by atoms with Crippen molar-refractivity contribution in [1.29, 1.82) is 0 Å². The normalized spacial score (nSPS) is 16.7. The van der Waals surface area contributed by atoms with Gasteiger partial charge in [0.05, 0.1) is 28.4 Å². The first kappa shape index (κ1) is 25.2. The number of amides is 1. The van der Waals surface area contributed by atoms with E-state index in [1.165, 1.54) is 16.2 Å². The van der Waals surface area contributed by atoms with Crippen molar-refractivity contribution in [2.45, 2.75) is 19.9 Å². The number of thiazole rings is 1. The molecule has 1 fully saturated rings. The lowest BCUT2D eigenvalue weighted by Gasteiger charge is -2.23. The van der Waals surface area contributed by atoms with Gasteiger partial charge in [-0.1, -0.05) is 42.2 Å². The summed E-state index contributed by atoms with van der Waals surface area (Å²) in [4.78, 5) is 33.0. The maximum Gasteiger partial charge on any atom is 0.301 e. The summed E-state index contributed by atoms with van der Waals surface area (Å²) in [5.74, 6) is -0.523. The number of carbonyl (C=O) groups is 2. The zero-order valence-electron chi connectivity index (χ0n) is 21.0. The molecule has 1 unspecified atom stereocenters. The van der Waals surface area contributed by atoms with Crippen LogP contribution in [0, 0.1) is 6.92 Å². The van der Waals surface area contributed by atoms with E-state index < -0.39 is 17.7 Å². The molecule has 0 spiro atoms. The van der Waals surface area contributed by atoms with Crippen molar-refractivity contribution in [2.75, 3.05) is 18.1 Å². The van der Waals surface area contributed by atoms with E-state index >= 15 is 0 Å². The monoisotopic (exact) mass is 526 g/mol. The molecule has 5 rings (SSSR count). The van der Waals surface area contributed by atoms with Gasteiger partial charge in [-0.2, -0.15) is 0 Å². The van der Waals surface area contributed by atoms with Crippen molar-refractivity contribution in [3.8, 4) is 11.5 Å². The van der Waals surface area contributed by atoms with Crippen molar-refractivity contribution in [3.63, 3.8) is 0 Å². The average Bonchev–Trinajstić information content (AvgIpc) is 3.45. The van der Waals surface area contributed by atoms with E-state index in [1.54, 1.807) is 54.6 Å². The highest BCUT2D eigenvalue weighted by Gasteiger charge is 2.48. The standard InChI is InChI=1S/C30H26N2O5S/c1-4-16-37-22-11-7-19(8-12-22)26-25(27(33)20-9-13-21(14-10-20)36-5-2)28(34)29(35)32(26)30-31-23-15-6-18(3)17-24(23)38-30/h4,6-15,17,26,33H,1,5,16H2,2-3H3. The van der Waals surface area contributed by atoms with Crippen LogP contribution in [0.25, 0.3) is 16.0 Å². The number of hydrogen-bond acceptors (Lipinski definition) is 7. The number of aromatic nitrogens is 1. The molecule has 0 radical (unpaired) electrons. The van der Waals surface area contributed by atoms with Crippen molar-refractivity contribution < 1.29 is 24.2 Å². The van der Waals surface area contributed by atoms with Gasteiger partial charge in [0, 0.05) is 5.56 Å². The lowest BCUT2D eigenvalue weighted by Crippen LogP contribution is -2.29. The quantitative estimate of drug-likeness (QED) is 0.127. The molecule has 0 bridgehead atoms. The van der Waals surface area contributed by atoms with Crippen LogP contribution >= 0.6 is 11.3 Å². The maximum atomic E-state index is 13.5. The molecule has 1 N–H and O–H groups in total. The number of aryl methyl sites for hydroxylation is 1. The average molecular weight is 527 g/mol. The van der Waals surface area contributed by atoms with Gasteiger partial charge in [-0.05, 0) is 73.5 Å². The Bertz CT molecular complexity index is 1550. The van der Waals surface area contributed by atoms with Crippen LogP contribution in [0.15, 0.2) is 85.0 Å². The Balaban J connectivity index is 1.65. The van der Waals surface area contributed by atoms with Crippen LogP contribution < -0.4 is 14.4 Å². The number of ketones is 1. The third kappa shape index (κ3) is 4.66. The second-order valence-corrected chi connectivity index (χ2v) is 9.77. The number of aliphatic hydroxyl groups excluding tert-OH is 1. The molecule has 1 amide bonds. The Morgan fingerprint density at radius 1 is 1.05 bits per heavy atom. The highest BCUT2D eigenvalue weighted by molar-refractivity contribution is 7.22. The van der Waals surface area contributed by atoms with E-state index in [9.17, 15) is 14.7 Å². The smallest absolute Gasteiger partial charge is 0.301 e. The minimum atomic E-state index is -0.878. The van der Waals surface area contributed by atoms with Crippen LogP contribution in [0.3, 0.4) is 0 Å². The van der Waals surface area contributed by atoms with Crippen molar-refractivity contribution >= 4 is 44.1 Å². The zero-order chi connectivity index (χ0) is 26.8. The van der Waals surface area contributed by atoms with E-state index in [4.69, 9.17) is 9.47 Å². The number of rotatable bonds is 8. The number of fused-ring (bicyclic) bond motifs is 1. The van der Waals surface area contributed by atoms with Crippen LogP contribution in [0.4, 0.5) is 5.13 Å². The molecule has 3 aromatic carbocycles. The van der Waals surface area contributed by atoms with Crippen LogP contribution in [0.5, 0.6) is 11.5 Å². The molecule has 0 saturated carbocycles. The molecule has 1 aliphatic heterocycles. The molecule has 1 aliphatic rings. The molecular weight excluding hydrogens is 500 g/mol. The lowest BCUT2D eigenvalue weighted by atomic mass is 9.95. The first-order valence-electron chi connectivity index (χ1n) is 12.2. The summed E-state index contributed by atoms with van der Waals surface area (Å²) in [5.41, 5.74) is 2.84. The fourth-order valence-corrected chi connectivity index (χ4v) is 5.49. The summed E-state index contributed by atoms with van der Waals surface area (Å²) in [6.07, 6.45) is 1.65. The van der Waals surface area contributed by atoms with Crippen molar-refractivity contribution in [1.82, 2.24) is 4.98 Å². The molecule has 0 aliphatic carbocycles.